The summed E-state index contributed by atoms with van der Waals surface area (Å²) in [7, 11) is 0. The lowest BCUT2D eigenvalue weighted by atomic mass is 10.2. The number of carbonyl (C=O) groups excluding carboxylic acids is 1. The van der Waals surface area contributed by atoms with Crippen molar-refractivity contribution < 1.29 is 4.79 Å². The predicted octanol–water partition coefficient (Wildman–Crippen LogP) is 0.514. The van der Waals surface area contributed by atoms with Gasteiger partial charge in [0.2, 0.25) is 5.91 Å². The van der Waals surface area contributed by atoms with Gasteiger partial charge in [-0.3, -0.25) is 10.1 Å². The van der Waals surface area contributed by atoms with Crippen molar-refractivity contribution in [1.29, 1.82) is 0 Å². The zero-order valence-electron chi connectivity index (χ0n) is 8.61. The molecule has 2 N–H and O–H groups in total. The molecule has 0 saturated heterocycles. The lowest BCUT2D eigenvalue weighted by Gasteiger charge is -2.10. The molecule has 0 radical (unpaired) electrons. The number of rotatable bonds is 5. The van der Waals surface area contributed by atoms with Gasteiger partial charge < -0.3 is 5.32 Å². The van der Waals surface area contributed by atoms with Crippen LogP contribution in [0.2, 0.25) is 0 Å². The summed E-state index contributed by atoms with van der Waals surface area (Å²) in [5, 5.41) is 5.79. The van der Waals surface area contributed by atoms with Crippen LogP contribution in [0.4, 0.5) is 0 Å². The molecule has 0 aromatic carbocycles. The second-order valence-electron chi connectivity index (χ2n) is 2.91. The van der Waals surface area contributed by atoms with Crippen LogP contribution in [0.5, 0.6) is 0 Å². The fourth-order valence-corrected chi connectivity index (χ4v) is 0.755. The largest absolute Gasteiger partial charge is 0.353 e. The first-order valence-electron chi connectivity index (χ1n) is 4.60. The van der Waals surface area contributed by atoms with Crippen LogP contribution in [-0.2, 0) is 4.79 Å². The van der Waals surface area contributed by atoms with E-state index < -0.39 is 0 Å². The van der Waals surface area contributed by atoms with Crippen LogP contribution >= 0.6 is 0 Å². The van der Waals surface area contributed by atoms with Crippen molar-refractivity contribution in [2.45, 2.75) is 33.2 Å². The minimum Gasteiger partial charge on any atom is -0.353 e. The van der Waals surface area contributed by atoms with Gasteiger partial charge in [-0.2, -0.15) is 0 Å². The Bertz CT molecular complexity index is 203. The summed E-state index contributed by atoms with van der Waals surface area (Å²) in [5.41, 5.74) is 0. The fourth-order valence-electron chi connectivity index (χ4n) is 0.755. The second-order valence-corrected chi connectivity index (χ2v) is 2.91. The third-order valence-electron chi connectivity index (χ3n) is 1.70. The van der Waals surface area contributed by atoms with Crippen LogP contribution in [0.25, 0.3) is 0 Å². The molecule has 3 nitrogen and oxygen atoms in total. The lowest BCUT2D eigenvalue weighted by Crippen LogP contribution is -2.38. The van der Waals surface area contributed by atoms with Gasteiger partial charge >= 0.3 is 0 Å². The highest BCUT2D eigenvalue weighted by atomic mass is 16.1. The molecule has 0 saturated carbocycles. The zero-order valence-corrected chi connectivity index (χ0v) is 8.61. The van der Waals surface area contributed by atoms with Gasteiger partial charge in [0.25, 0.3) is 0 Å². The van der Waals surface area contributed by atoms with E-state index in [2.05, 4.69) is 22.5 Å². The van der Waals surface area contributed by atoms with Gasteiger partial charge in [-0.05, 0) is 20.3 Å². The Morgan fingerprint density at radius 2 is 2.23 bits per heavy atom. The quantitative estimate of drug-likeness (QED) is 0.480. The van der Waals surface area contributed by atoms with Crippen molar-refractivity contribution in [3.63, 3.8) is 0 Å². The van der Waals surface area contributed by atoms with E-state index in [1.165, 1.54) is 0 Å². The van der Waals surface area contributed by atoms with Gasteiger partial charge in [-0.25, -0.2) is 0 Å². The molecular weight excluding hydrogens is 164 g/mol. The average Bonchev–Trinajstić information content (AvgIpc) is 2.12. The molecule has 0 spiro atoms. The van der Waals surface area contributed by atoms with Crippen LogP contribution in [-0.4, -0.2) is 25.0 Å². The van der Waals surface area contributed by atoms with Crippen molar-refractivity contribution in [3.8, 4) is 11.8 Å². The van der Waals surface area contributed by atoms with Gasteiger partial charge in [0.05, 0.1) is 13.1 Å². The number of hydrogen-bond donors (Lipinski definition) is 2. The number of nitrogens with one attached hydrogen (secondary N) is 2. The van der Waals surface area contributed by atoms with Crippen molar-refractivity contribution in [1.82, 2.24) is 10.6 Å². The summed E-state index contributed by atoms with van der Waals surface area (Å²) < 4.78 is 0. The van der Waals surface area contributed by atoms with Crippen molar-refractivity contribution in [2.75, 3.05) is 13.1 Å². The van der Waals surface area contributed by atoms with Crippen molar-refractivity contribution >= 4 is 5.91 Å². The fraction of sp³-hybridized carbons (Fsp3) is 0.700. The molecule has 0 aliphatic rings. The molecule has 1 atom stereocenters. The first-order chi connectivity index (χ1) is 6.20. The maximum atomic E-state index is 11.2. The topological polar surface area (TPSA) is 41.1 Å². The molecule has 0 rings (SSSR count). The minimum atomic E-state index is 0.0345. The summed E-state index contributed by atoms with van der Waals surface area (Å²) >= 11 is 0. The lowest BCUT2D eigenvalue weighted by molar-refractivity contribution is -0.120. The van der Waals surface area contributed by atoms with Crippen LogP contribution in [0, 0.1) is 11.8 Å². The van der Waals surface area contributed by atoms with E-state index in [1.807, 2.05) is 13.8 Å². The SMILES string of the molecule is CC#CCNCC(=O)NC(C)CC. The molecule has 0 aliphatic carbocycles. The predicted molar refractivity (Wildman–Crippen MR) is 54.2 cm³/mol. The molecule has 0 aliphatic heterocycles. The van der Waals surface area contributed by atoms with Gasteiger partial charge in [0.15, 0.2) is 0 Å². The smallest absolute Gasteiger partial charge is 0.234 e. The number of hydrogen-bond acceptors (Lipinski definition) is 2. The summed E-state index contributed by atoms with van der Waals surface area (Å²) in [6.07, 6.45) is 0.959. The van der Waals surface area contributed by atoms with E-state index in [4.69, 9.17) is 0 Å². The van der Waals surface area contributed by atoms with E-state index in [0.29, 0.717) is 13.1 Å². The maximum Gasteiger partial charge on any atom is 0.234 e. The first kappa shape index (κ1) is 12.0. The Morgan fingerprint density at radius 3 is 2.77 bits per heavy atom. The number of amides is 1. The summed E-state index contributed by atoms with van der Waals surface area (Å²) in [6.45, 7) is 6.73. The van der Waals surface area contributed by atoms with Crippen LogP contribution in [0.15, 0.2) is 0 Å². The summed E-state index contributed by atoms with van der Waals surface area (Å²) in [4.78, 5) is 11.2. The standard InChI is InChI=1S/C10H18N2O/c1-4-6-7-11-8-10(13)12-9(3)5-2/h9,11H,5,7-8H2,1-3H3,(H,12,13). The molecule has 0 aromatic heterocycles. The molecule has 0 aromatic rings. The highest BCUT2D eigenvalue weighted by Gasteiger charge is 2.03. The van der Waals surface area contributed by atoms with Crippen molar-refractivity contribution in [2.24, 2.45) is 0 Å². The van der Waals surface area contributed by atoms with E-state index in [-0.39, 0.29) is 11.9 Å². The molecule has 0 bridgehead atoms. The molecule has 1 amide bonds. The Balaban J connectivity index is 3.44. The zero-order chi connectivity index (χ0) is 10.1. The highest BCUT2D eigenvalue weighted by molar-refractivity contribution is 5.78. The minimum absolute atomic E-state index is 0.0345. The molecule has 74 valence electrons. The van der Waals surface area contributed by atoms with E-state index in [0.717, 1.165) is 6.42 Å². The third-order valence-corrected chi connectivity index (χ3v) is 1.70. The Morgan fingerprint density at radius 1 is 1.54 bits per heavy atom. The van der Waals surface area contributed by atoms with Crippen LogP contribution < -0.4 is 10.6 Å². The Labute approximate surface area is 80.3 Å². The molecule has 0 heterocycles. The van der Waals surface area contributed by atoms with Crippen LogP contribution in [0.3, 0.4) is 0 Å². The average molecular weight is 182 g/mol. The second kappa shape index (κ2) is 7.63. The third kappa shape index (κ3) is 7.35. The monoisotopic (exact) mass is 182 g/mol. The Hall–Kier alpha value is -1.01. The maximum absolute atomic E-state index is 11.2. The molecule has 0 fully saturated rings. The molecule has 1 unspecified atom stereocenters. The van der Waals surface area contributed by atoms with Gasteiger partial charge in [-0.1, -0.05) is 12.8 Å². The van der Waals surface area contributed by atoms with Crippen molar-refractivity contribution in [3.05, 3.63) is 0 Å². The molecule has 13 heavy (non-hydrogen) atoms. The Kier molecular flexibility index (Phi) is 7.04. The summed E-state index contributed by atoms with van der Waals surface area (Å²) in [5.74, 6) is 5.61. The normalized spacial score (nSPS) is 11.3. The highest BCUT2D eigenvalue weighted by Crippen LogP contribution is 1.85. The van der Waals surface area contributed by atoms with Gasteiger partial charge in [0.1, 0.15) is 0 Å². The van der Waals surface area contributed by atoms with E-state index in [1.54, 1.807) is 6.92 Å². The molecular formula is C10H18N2O. The van der Waals surface area contributed by atoms with Gasteiger partial charge in [-0.15, -0.1) is 5.92 Å². The molecule has 3 heteroatoms. The van der Waals surface area contributed by atoms with Gasteiger partial charge in [0, 0.05) is 6.04 Å². The summed E-state index contributed by atoms with van der Waals surface area (Å²) in [6, 6.07) is 0.256. The van der Waals surface area contributed by atoms with Crippen LogP contribution in [0.1, 0.15) is 27.2 Å². The number of carbonyl (C=O) groups is 1. The van der Waals surface area contributed by atoms with E-state index in [9.17, 15) is 4.79 Å². The first-order valence-corrected chi connectivity index (χ1v) is 4.60. The van der Waals surface area contributed by atoms with E-state index >= 15 is 0 Å².